The fraction of sp³-hybridized carbons (Fsp3) is 0.316. The number of fused-ring (bicyclic) bond motifs is 2. The van der Waals surface area contributed by atoms with E-state index in [1.54, 1.807) is 0 Å². The van der Waals surface area contributed by atoms with E-state index in [0.29, 0.717) is 5.56 Å². The van der Waals surface area contributed by atoms with Crippen molar-refractivity contribution >= 4 is 16.8 Å². The molecule has 2 heterocycles. The molecule has 0 spiro atoms. The van der Waals surface area contributed by atoms with Crippen molar-refractivity contribution in [2.24, 2.45) is 0 Å². The van der Waals surface area contributed by atoms with Crippen molar-refractivity contribution < 1.29 is 4.79 Å². The van der Waals surface area contributed by atoms with Gasteiger partial charge in [0.05, 0.1) is 17.3 Å². The zero-order chi connectivity index (χ0) is 16.7. The fourth-order valence-corrected chi connectivity index (χ4v) is 3.46. The van der Waals surface area contributed by atoms with Crippen molar-refractivity contribution in [2.75, 3.05) is 0 Å². The monoisotopic (exact) mass is 320 g/mol. The van der Waals surface area contributed by atoms with Crippen LogP contribution in [0.5, 0.6) is 0 Å². The van der Waals surface area contributed by atoms with Crippen LogP contribution in [-0.2, 0) is 12.8 Å². The van der Waals surface area contributed by atoms with Gasteiger partial charge in [-0.3, -0.25) is 14.9 Å². The first kappa shape index (κ1) is 14.9. The third kappa shape index (κ3) is 2.66. The number of carbonyl (C=O) groups excluding carboxylic acids is 1. The van der Waals surface area contributed by atoms with Crippen LogP contribution in [0.25, 0.3) is 10.9 Å². The number of aryl methyl sites for hydroxylation is 3. The van der Waals surface area contributed by atoms with Crippen molar-refractivity contribution in [1.29, 1.82) is 0 Å². The van der Waals surface area contributed by atoms with E-state index in [4.69, 9.17) is 0 Å². The van der Waals surface area contributed by atoms with Gasteiger partial charge in [0, 0.05) is 22.8 Å². The van der Waals surface area contributed by atoms with E-state index in [9.17, 15) is 4.79 Å². The normalized spacial score (nSPS) is 16.8. The molecule has 0 saturated carbocycles. The van der Waals surface area contributed by atoms with Gasteiger partial charge in [-0.05, 0) is 56.9 Å². The Balaban J connectivity index is 1.63. The Bertz CT molecular complexity index is 928. The van der Waals surface area contributed by atoms with Crippen LogP contribution in [-0.4, -0.2) is 27.1 Å². The number of rotatable bonds is 2. The molecule has 0 saturated heterocycles. The summed E-state index contributed by atoms with van der Waals surface area (Å²) in [7, 11) is 0. The fourth-order valence-electron chi connectivity index (χ4n) is 3.46. The summed E-state index contributed by atoms with van der Waals surface area (Å²) >= 11 is 0. The van der Waals surface area contributed by atoms with E-state index in [1.165, 1.54) is 11.3 Å². The summed E-state index contributed by atoms with van der Waals surface area (Å²) in [6.07, 6.45) is 4.55. The van der Waals surface area contributed by atoms with Crippen LogP contribution < -0.4 is 5.32 Å². The Kier molecular flexibility index (Phi) is 3.56. The zero-order valence-electron chi connectivity index (χ0n) is 13.9. The zero-order valence-corrected chi connectivity index (χ0v) is 13.9. The van der Waals surface area contributed by atoms with Crippen molar-refractivity contribution in [1.82, 2.24) is 20.5 Å². The van der Waals surface area contributed by atoms with E-state index in [2.05, 4.69) is 20.5 Å². The Labute approximate surface area is 140 Å². The second-order valence-electron chi connectivity index (χ2n) is 6.62. The van der Waals surface area contributed by atoms with Gasteiger partial charge in [-0.25, -0.2) is 0 Å². The Morgan fingerprint density at radius 2 is 2.17 bits per heavy atom. The molecule has 1 aliphatic rings. The number of aromatic amines is 1. The first-order valence-corrected chi connectivity index (χ1v) is 8.30. The minimum absolute atomic E-state index is 0.0203. The van der Waals surface area contributed by atoms with E-state index < -0.39 is 0 Å². The highest BCUT2D eigenvalue weighted by atomic mass is 16.1. The van der Waals surface area contributed by atoms with Gasteiger partial charge in [0.2, 0.25) is 0 Å². The van der Waals surface area contributed by atoms with Gasteiger partial charge in [-0.1, -0.05) is 11.6 Å². The van der Waals surface area contributed by atoms with Crippen LogP contribution in [0.4, 0.5) is 0 Å². The van der Waals surface area contributed by atoms with Gasteiger partial charge in [0.1, 0.15) is 0 Å². The molecule has 1 aromatic carbocycles. The molecule has 1 amide bonds. The second kappa shape index (κ2) is 5.74. The molecule has 0 aliphatic heterocycles. The van der Waals surface area contributed by atoms with E-state index in [-0.39, 0.29) is 11.9 Å². The largest absolute Gasteiger partial charge is 0.349 e. The Morgan fingerprint density at radius 1 is 1.29 bits per heavy atom. The molecule has 122 valence electrons. The summed E-state index contributed by atoms with van der Waals surface area (Å²) in [4.78, 5) is 17.4. The van der Waals surface area contributed by atoms with Crippen LogP contribution in [0.2, 0.25) is 0 Å². The number of nitrogens with one attached hydrogen (secondary N) is 2. The number of carbonyl (C=O) groups is 1. The average Bonchev–Trinajstić information content (AvgIpc) is 3.02. The number of pyridine rings is 1. The molecular formula is C19H20N4O. The molecule has 5 heteroatoms. The van der Waals surface area contributed by atoms with Crippen LogP contribution in [0.3, 0.4) is 0 Å². The predicted molar refractivity (Wildman–Crippen MR) is 93.1 cm³/mol. The maximum absolute atomic E-state index is 12.9. The number of nitrogens with zero attached hydrogens (tertiary/aromatic N) is 2. The molecule has 4 rings (SSSR count). The molecule has 0 unspecified atom stereocenters. The highest BCUT2D eigenvalue weighted by molar-refractivity contribution is 6.06. The Morgan fingerprint density at radius 3 is 3.04 bits per heavy atom. The summed E-state index contributed by atoms with van der Waals surface area (Å²) in [5, 5.41) is 11.2. The minimum atomic E-state index is -0.0203. The molecular weight excluding hydrogens is 300 g/mol. The van der Waals surface area contributed by atoms with Crippen LogP contribution in [0, 0.1) is 13.8 Å². The van der Waals surface area contributed by atoms with Crippen LogP contribution in [0.15, 0.2) is 30.5 Å². The smallest absolute Gasteiger partial charge is 0.252 e. The number of hydrogen-bond acceptors (Lipinski definition) is 3. The van der Waals surface area contributed by atoms with Crippen molar-refractivity contribution in [2.45, 2.75) is 39.2 Å². The van der Waals surface area contributed by atoms with Gasteiger partial charge in [-0.2, -0.15) is 5.10 Å². The van der Waals surface area contributed by atoms with Crippen molar-refractivity contribution in [3.8, 4) is 0 Å². The van der Waals surface area contributed by atoms with Gasteiger partial charge in [0.15, 0.2) is 0 Å². The van der Waals surface area contributed by atoms with Crippen molar-refractivity contribution in [3.05, 3.63) is 58.5 Å². The van der Waals surface area contributed by atoms with E-state index in [0.717, 1.165) is 41.4 Å². The lowest BCUT2D eigenvalue weighted by atomic mass is 9.93. The predicted octanol–water partition coefficient (Wildman–Crippen LogP) is 2.86. The lowest BCUT2D eigenvalue weighted by molar-refractivity contribution is 0.0935. The summed E-state index contributed by atoms with van der Waals surface area (Å²) < 4.78 is 0. The molecule has 0 bridgehead atoms. The standard InChI is InChI=1S/C19H20N4O/c1-11-3-5-18-15(7-11)16(8-12(2)21-18)19(24)22-14-4-6-17-13(9-14)10-20-23-17/h3,5,7-8,10,14H,4,6,9H2,1-2H3,(H,20,23)(H,22,24)/t14-/m1/s1. The highest BCUT2D eigenvalue weighted by Gasteiger charge is 2.23. The summed E-state index contributed by atoms with van der Waals surface area (Å²) in [5.74, 6) is -0.0203. The molecule has 24 heavy (non-hydrogen) atoms. The molecule has 0 radical (unpaired) electrons. The molecule has 2 aromatic heterocycles. The molecule has 0 fully saturated rings. The quantitative estimate of drug-likeness (QED) is 0.763. The maximum atomic E-state index is 12.9. The summed E-state index contributed by atoms with van der Waals surface area (Å²) in [6.45, 7) is 3.96. The SMILES string of the molecule is Cc1ccc2nc(C)cc(C(=O)N[C@@H]3CCc4[nH]ncc4C3)c2c1. The maximum Gasteiger partial charge on any atom is 0.252 e. The third-order valence-corrected chi connectivity index (χ3v) is 4.69. The number of hydrogen-bond donors (Lipinski definition) is 2. The summed E-state index contributed by atoms with van der Waals surface area (Å²) in [6, 6.07) is 8.07. The van der Waals surface area contributed by atoms with Gasteiger partial charge in [0.25, 0.3) is 5.91 Å². The first-order valence-electron chi connectivity index (χ1n) is 8.30. The third-order valence-electron chi connectivity index (χ3n) is 4.69. The molecule has 2 N–H and O–H groups in total. The van der Waals surface area contributed by atoms with Gasteiger partial charge < -0.3 is 5.32 Å². The van der Waals surface area contributed by atoms with E-state index in [1.807, 2.05) is 44.3 Å². The van der Waals surface area contributed by atoms with Crippen LogP contribution >= 0.6 is 0 Å². The van der Waals surface area contributed by atoms with Crippen LogP contribution in [0.1, 0.15) is 39.3 Å². The Hall–Kier alpha value is -2.69. The van der Waals surface area contributed by atoms with E-state index >= 15 is 0 Å². The molecule has 1 aliphatic carbocycles. The second-order valence-corrected chi connectivity index (χ2v) is 6.62. The van der Waals surface area contributed by atoms with Gasteiger partial charge >= 0.3 is 0 Å². The number of amides is 1. The average molecular weight is 320 g/mol. The summed E-state index contributed by atoms with van der Waals surface area (Å²) in [5.41, 5.74) is 5.96. The number of aromatic nitrogens is 3. The lowest BCUT2D eigenvalue weighted by Gasteiger charge is -2.23. The molecule has 3 aromatic rings. The molecule has 1 atom stereocenters. The van der Waals surface area contributed by atoms with Gasteiger partial charge in [-0.15, -0.1) is 0 Å². The topological polar surface area (TPSA) is 70.7 Å². The minimum Gasteiger partial charge on any atom is -0.349 e. The first-order chi connectivity index (χ1) is 11.6. The molecule has 5 nitrogen and oxygen atoms in total. The number of benzene rings is 1. The lowest BCUT2D eigenvalue weighted by Crippen LogP contribution is -2.38. The van der Waals surface area contributed by atoms with Crippen molar-refractivity contribution in [3.63, 3.8) is 0 Å². The highest BCUT2D eigenvalue weighted by Crippen LogP contribution is 2.22. The number of H-pyrrole nitrogens is 1.